The lowest BCUT2D eigenvalue weighted by atomic mass is 9.89. The molecule has 0 radical (unpaired) electrons. The first-order valence-corrected chi connectivity index (χ1v) is 8.49. The summed E-state index contributed by atoms with van der Waals surface area (Å²) in [5, 5.41) is 6.59. The maximum atomic E-state index is 6.11. The van der Waals surface area contributed by atoms with E-state index in [0.717, 1.165) is 44.9 Å². The van der Waals surface area contributed by atoms with Crippen LogP contribution in [0.15, 0.2) is 29.3 Å². The molecule has 0 fully saturated rings. The molecule has 0 aromatic heterocycles. The maximum Gasteiger partial charge on any atom is 0.190 e. The minimum atomic E-state index is 0.280. The summed E-state index contributed by atoms with van der Waals surface area (Å²) in [5.41, 5.74) is 2.85. The molecule has 2 N–H and O–H groups in total. The third-order valence-electron chi connectivity index (χ3n) is 4.01. The Balaban J connectivity index is 1.67. The van der Waals surface area contributed by atoms with Gasteiger partial charge in [0.1, 0.15) is 0 Å². The standard InChI is InChI=1S/C18H29N3O/c1-3-12-20-18(19-2)21-13-7-14-22-17-11-6-9-15-8-4-5-10-16(15)17/h4-5,8,10,17H,3,6-7,9,11-14H2,1-2H3,(H2,19,20,21). The molecule has 0 saturated heterocycles. The fourth-order valence-electron chi connectivity index (χ4n) is 2.85. The number of nitrogens with one attached hydrogen (secondary N) is 2. The number of aryl methyl sites for hydroxylation is 1. The molecule has 1 atom stereocenters. The summed E-state index contributed by atoms with van der Waals surface area (Å²) in [6.07, 6.45) is 5.94. The molecule has 0 amide bonds. The van der Waals surface area contributed by atoms with E-state index in [9.17, 15) is 0 Å². The predicted molar refractivity (Wildman–Crippen MR) is 92.3 cm³/mol. The van der Waals surface area contributed by atoms with Crippen LogP contribution < -0.4 is 10.6 Å². The normalized spacial score (nSPS) is 17.9. The van der Waals surface area contributed by atoms with E-state index in [-0.39, 0.29) is 6.10 Å². The third-order valence-corrected chi connectivity index (χ3v) is 4.01. The van der Waals surface area contributed by atoms with E-state index in [4.69, 9.17) is 4.74 Å². The summed E-state index contributed by atoms with van der Waals surface area (Å²) in [7, 11) is 1.81. The first-order chi connectivity index (χ1) is 10.8. The summed E-state index contributed by atoms with van der Waals surface area (Å²) in [4.78, 5) is 4.20. The van der Waals surface area contributed by atoms with E-state index in [0.29, 0.717) is 0 Å². The number of ether oxygens (including phenoxy) is 1. The molecule has 1 aromatic carbocycles. The molecule has 0 bridgehead atoms. The van der Waals surface area contributed by atoms with Gasteiger partial charge in [0.05, 0.1) is 6.10 Å². The van der Waals surface area contributed by atoms with Crippen LogP contribution in [0.25, 0.3) is 0 Å². The Morgan fingerprint density at radius 2 is 2.09 bits per heavy atom. The Kier molecular flexibility index (Phi) is 7.23. The zero-order valence-corrected chi connectivity index (χ0v) is 13.9. The van der Waals surface area contributed by atoms with E-state index in [1.165, 1.54) is 24.0 Å². The van der Waals surface area contributed by atoms with Crippen LogP contribution in [0.3, 0.4) is 0 Å². The van der Waals surface area contributed by atoms with Crippen molar-refractivity contribution in [2.45, 2.75) is 45.1 Å². The van der Waals surface area contributed by atoms with Crippen molar-refractivity contribution in [2.75, 3.05) is 26.7 Å². The molecule has 0 saturated carbocycles. The summed E-state index contributed by atoms with van der Waals surface area (Å²) < 4.78 is 6.11. The van der Waals surface area contributed by atoms with Gasteiger partial charge in [0.15, 0.2) is 5.96 Å². The third kappa shape index (κ3) is 5.02. The number of rotatable bonds is 7. The molecule has 2 rings (SSSR count). The molecule has 0 spiro atoms. The van der Waals surface area contributed by atoms with Gasteiger partial charge in [-0.3, -0.25) is 4.99 Å². The van der Waals surface area contributed by atoms with Crippen molar-refractivity contribution in [1.82, 2.24) is 10.6 Å². The van der Waals surface area contributed by atoms with Crippen LogP contribution in [0, 0.1) is 0 Å². The number of hydrogen-bond acceptors (Lipinski definition) is 2. The second-order valence-electron chi connectivity index (χ2n) is 5.73. The Morgan fingerprint density at radius 1 is 1.27 bits per heavy atom. The summed E-state index contributed by atoms with van der Waals surface area (Å²) >= 11 is 0. The van der Waals surface area contributed by atoms with E-state index in [1.807, 2.05) is 0 Å². The summed E-state index contributed by atoms with van der Waals surface area (Å²) in [5.74, 6) is 0.880. The van der Waals surface area contributed by atoms with Crippen LogP contribution in [0.2, 0.25) is 0 Å². The van der Waals surface area contributed by atoms with Crippen LogP contribution in [0.1, 0.15) is 49.8 Å². The van der Waals surface area contributed by atoms with Gasteiger partial charge in [-0.05, 0) is 43.2 Å². The zero-order chi connectivity index (χ0) is 15.6. The number of aliphatic imine (C=N–C) groups is 1. The van der Waals surface area contributed by atoms with E-state index >= 15 is 0 Å². The van der Waals surface area contributed by atoms with Crippen LogP contribution in [-0.4, -0.2) is 32.7 Å². The summed E-state index contributed by atoms with van der Waals surface area (Å²) in [6, 6.07) is 8.69. The zero-order valence-electron chi connectivity index (χ0n) is 13.9. The second-order valence-corrected chi connectivity index (χ2v) is 5.73. The van der Waals surface area contributed by atoms with Crippen molar-refractivity contribution in [2.24, 2.45) is 4.99 Å². The van der Waals surface area contributed by atoms with Gasteiger partial charge in [0, 0.05) is 26.7 Å². The highest BCUT2D eigenvalue weighted by Crippen LogP contribution is 2.32. The quantitative estimate of drug-likeness (QED) is 0.462. The number of fused-ring (bicyclic) bond motifs is 1. The number of guanidine groups is 1. The first-order valence-electron chi connectivity index (χ1n) is 8.49. The molecule has 4 nitrogen and oxygen atoms in total. The van der Waals surface area contributed by atoms with Crippen molar-refractivity contribution in [3.05, 3.63) is 35.4 Å². The van der Waals surface area contributed by atoms with Crippen LogP contribution in [0.5, 0.6) is 0 Å². The van der Waals surface area contributed by atoms with E-state index in [1.54, 1.807) is 7.05 Å². The summed E-state index contributed by atoms with van der Waals surface area (Å²) in [6.45, 7) is 4.78. The number of hydrogen-bond donors (Lipinski definition) is 2. The molecule has 1 aromatic rings. The predicted octanol–water partition coefficient (Wildman–Crippen LogP) is 3.05. The van der Waals surface area contributed by atoms with Gasteiger partial charge >= 0.3 is 0 Å². The van der Waals surface area contributed by atoms with E-state index < -0.39 is 0 Å². The van der Waals surface area contributed by atoms with Gasteiger partial charge in [-0.25, -0.2) is 0 Å². The average Bonchev–Trinajstić information content (AvgIpc) is 2.57. The van der Waals surface area contributed by atoms with Crippen molar-refractivity contribution in [1.29, 1.82) is 0 Å². The molecule has 122 valence electrons. The van der Waals surface area contributed by atoms with Crippen molar-refractivity contribution in [3.8, 4) is 0 Å². The Hall–Kier alpha value is -1.55. The molecule has 0 aliphatic heterocycles. The lowest BCUT2D eigenvalue weighted by Gasteiger charge is -2.25. The fraction of sp³-hybridized carbons (Fsp3) is 0.611. The van der Waals surface area contributed by atoms with Gasteiger partial charge in [0.2, 0.25) is 0 Å². The topological polar surface area (TPSA) is 45.7 Å². The van der Waals surface area contributed by atoms with Gasteiger partial charge in [-0.2, -0.15) is 0 Å². The van der Waals surface area contributed by atoms with Gasteiger partial charge in [-0.1, -0.05) is 31.2 Å². The van der Waals surface area contributed by atoms with Crippen LogP contribution in [0.4, 0.5) is 0 Å². The van der Waals surface area contributed by atoms with Gasteiger partial charge in [-0.15, -0.1) is 0 Å². The fourth-order valence-corrected chi connectivity index (χ4v) is 2.85. The van der Waals surface area contributed by atoms with Crippen LogP contribution >= 0.6 is 0 Å². The maximum absolute atomic E-state index is 6.11. The van der Waals surface area contributed by atoms with Gasteiger partial charge in [0.25, 0.3) is 0 Å². The monoisotopic (exact) mass is 303 g/mol. The molecule has 1 unspecified atom stereocenters. The van der Waals surface area contributed by atoms with Gasteiger partial charge < -0.3 is 15.4 Å². The Labute approximate surface area is 134 Å². The molecule has 0 heterocycles. The first kappa shape index (κ1) is 16.8. The highest BCUT2D eigenvalue weighted by Gasteiger charge is 2.19. The van der Waals surface area contributed by atoms with E-state index in [2.05, 4.69) is 46.8 Å². The van der Waals surface area contributed by atoms with Crippen molar-refractivity contribution in [3.63, 3.8) is 0 Å². The molecular weight excluding hydrogens is 274 g/mol. The smallest absolute Gasteiger partial charge is 0.190 e. The molecule has 1 aliphatic rings. The minimum absolute atomic E-state index is 0.280. The van der Waals surface area contributed by atoms with Crippen LogP contribution in [-0.2, 0) is 11.2 Å². The number of benzene rings is 1. The second kappa shape index (κ2) is 9.46. The molecule has 22 heavy (non-hydrogen) atoms. The lowest BCUT2D eigenvalue weighted by Crippen LogP contribution is -2.38. The average molecular weight is 303 g/mol. The Bertz CT molecular complexity index is 473. The van der Waals surface area contributed by atoms with Crippen molar-refractivity contribution >= 4 is 5.96 Å². The molecular formula is C18H29N3O. The molecule has 4 heteroatoms. The van der Waals surface area contributed by atoms with Crippen molar-refractivity contribution < 1.29 is 4.74 Å². The SMILES string of the molecule is CCCNC(=NC)NCCCOC1CCCc2ccccc21. The highest BCUT2D eigenvalue weighted by atomic mass is 16.5. The highest BCUT2D eigenvalue weighted by molar-refractivity contribution is 5.79. The number of nitrogens with zero attached hydrogens (tertiary/aromatic N) is 1. The minimum Gasteiger partial charge on any atom is -0.373 e. The lowest BCUT2D eigenvalue weighted by molar-refractivity contribution is 0.0398. The Morgan fingerprint density at radius 3 is 2.91 bits per heavy atom. The largest absolute Gasteiger partial charge is 0.373 e. The molecule has 1 aliphatic carbocycles.